The molecule has 4 heteroatoms. The quantitative estimate of drug-likeness (QED) is 0.817. The van der Waals surface area contributed by atoms with E-state index in [1.165, 1.54) is 5.69 Å². The van der Waals surface area contributed by atoms with Gasteiger partial charge in [-0.15, -0.1) is 0 Å². The summed E-state index contributed by atoms with van der Waals surface area (Å²) in [6.07, 6.45) is 2.89. The van der Waals surface area contributed by atoms with Gasteiger partial charge < -0.3 is 14.8 Å². The zero-order chi connectivity index (χ0) is 13.0. The van der Waals surface area contributed by atoms with Gasteiger partial charge in [-0.2, -0.15) is 0 Å². The molecule has 1 unspecified atom stereocenters. The Labute approximate surface area is 108 Å². The SMILES string of the molecule is Cc1nc2ccccn2c1CNCC(C)CCO. The predicted molar refractivity (Wildman–Crippen MR) is 72.5 cm³/mol. The van der Waals surface area contributed by atoms with Crippen LogP contribution in [0.5, 0.6) is 0 Å². The summed E-state index contributed by atoms with van der Waals surface area (Å²) in [7, 11) is 0. The zero-order valence-corrected chi connectivity index (χ0v) is 11.1. The van der Waals surface area contributed by atoms with Gasteiger partial charge in [0.2, 0.25) is 0 Å². The number of aryl methyl sites for hydroxylation is 1. The van der Waals surface area contributed by atoms with Crippen LogP contribution in [-0.2, 0) is 6.54 Å². The van der Waals surface area contributed by atoms with Crippen LogP contribution < -0.4 is 5.32 Å². The normalized spacial score (nSPS) is 13.1. The fraction of sp³-hybridized carbons (Fsp3) is 0.500. The van der Waals surface area contributed by atoms with Crippen LogP contribution >= 0.6 is 0 Å². The lowest BCUT2D eigenvalue weighted by atomic mass is 10.1. The summed E-state index contributed by atoms with van der Waals surface area (Å²) in [5.41, 5.74) is 3.28. The lowest BCUT2D eigenvalue weighted by Gasteiger charge is -2.11. The maximum Gasteiger partial charge on any atom is 0.137 e. The van der Waals surface area contributed by atoms with Gasteiger partial charge in [-0.25, -0.2) is 4.98 Å². The van der Waals surface area contributed by atoms with Crippen molar-refractivity contribution in [2.24, 2.45) is 5.92 Å². The van der Waals surface area contributed by atoms with E-state index in [4.69, 9.17) is 5.11 Å². The van der Waals surface area contributed by atoms with Gasteiger partial charge in [0.15, 0.2) is 0 Å². The second kappa shape index (κ2) is 5.98. The van der Waals surface area contributed by atoms with Crippen LogP contribution in [-0.4, -0.2) is 27.6 Å². The van der Waals surface area contributed by atoms with Gasteiger partial charge >= 0.3 is 0 Å². The minimum atomic E-state index is 0.261. The van der Waals surface area contributed by atoms with Crippen LogP contribution in [0.4, 0.5) is 0 Å². The second-order valence-corrected chi connectivity index (χ2v) is 4.82. The van der Waals surface area contributed by atoms with Crippen molar-refractivity contribution < 1.29 is 5.11 Å². The van der Waals surface area contributed by atoms with E-state index in [2.05, 4.69) is 21.6 Å². The van der Waals surface area contributed by atoms with Gasteiger partial charge in [0.25, 0.3) is 0 Å². The molecule has 0 radical (unpaired) electrons. The highest BCUT2D eigenvalue weighted by molar-refractivity contribution is 5.42. The molecule has 2 aromatic rings. The van der Waals surface area contributed by atoms with Crippen LogP contribution in [0, 0.1) is 12.8 Å². The van der Waals surface area contributed by atoms with Gasteiger partial charge in [-0.1, -0.05) is 13.0 Å². The number of fused-ring (bicyclic) bond motifs is 1. The van der Waals surface area contributed by atoms with Crippen LogP contribution in [0.25, 0.3) is 5.65 Å². The molecular weight excluding hydrogens is 226 g/mol. The molecule has 2 rings (SSSR count). The van der Waals surface area contributed by atoms with Gasteiger partial charge in [0.1, 0.15) is 5.65 Å². The number of aliphatic hydroxyl groups excluding tert-OH is 1. The Bertz CT molecular complexity index is 507. The lowest BCUT2D eigenvalue weighted by Crippen LogP contribution is -2.22. The van der Waals surface area contributed by atoms with E-state index >= 15 is 0 Å². The van der Waals surface area contributed by atoms with Crippen molar-refractivity contribution in [1.29, 1.82) is 0 Å². The number of hydrogen-bond acceptors (Lipinski definition) is 3. The number of aliphatic hydroxyl groups is 1. The van der Waals surface area contributed by atoms with Crippen molar-refractivity contribution in [3.8, 4) is 0 Å². The molecule has 18 heavy (non-hydrogen) atoms. The van der Waals surface area contributed by atoms with E-state index in [1.54, 1.807) is 0 Å². The molecule has 0 spiro atoms. The molecular formula is C14H21N3O. The van der Waals surface area contributed by atoms with Gasteiger partial charge in [-0.05, 0) is 37.9 Å². The number of rotatable bonds is 6. The van der Waals surface area contributed by atoms with Crippen LogP contribution in [0.2, 0.25) is 0 Å². The van der Waals surface area contributed by atoms with Crippen molar-refractivity contribution in [3.63, 3.8) is 0 Å². The van der Waals surface area contributed by atoms with Crippen molar-refractivity contribution >= 4 is 5.65 Å². The second-order valence-electron chi connectivity index (χ2n) is 4.82. The van der Waals surface area contributed by atoms with E-state index in [0.717, 1.165) is 30.9 Å². The summed E-state index contributed by atoms with van der Waals surface area (Å²) in [4.78, 5) is 4.53. The molecule has 0 saturated heterocycles. The third-order valence-electron chi connectivity index (χ3n) is 3.24. The first-order valence-electron chi connectivity index (χ1n) is 6.46. The van der Waals surface area contributed by atoms with Crippen LogP contribution in [0.1, 0.15) is 24.7 Å². The van der Waals surface area contributed by atoms with Gasteiger partial charge in [-0.3, -0.25) is 0 Å². The molecule has 2 aromatic heterocycles. The Balaban J connectivity index is 2.01. The van der Waals surface area contributed by atoms with Crippen molar-refractivity contribution in [1.82, 2.24) is 14.7 Å². The molecule has 1 atom stereocenters. The van der Waals surface area contributed by atoms with E-state index in [9.17, 15) is 0 Å². The summed E-state index contributed by atoms with van der Waals surface area (Å²) >= 11 is 0. The number of nitrogens with one attached hydrogen (secondary N) is 1. The Morgan fingerprint density at radius 2 is 2.28 bits per heavy atom. The molecule has 2 heterocycles. The number of aromatic nitrogens is 2. The topological polar surface area (TPSA) is 49.6 Å². The van der Waals surface area contributed by atoms with E-state index in [-0.39, 0.29) is 6.61 Å². The highest BCUT2D eigenvalue weighted by Crippen LogP contribution is 2.11. The molecule has 2 N–H and O–H groups in total. The van der Waals surface area contributed by atoms with Gasteiger partial charge in [0, 0.05) is 19.3 Å². The number of pyridine rings is 1. The third kappa shape index (κ3) is 2.89. The van der Waals surface area contributed by atoms with Crippen molar-refractivity contribution in [2.75, 3.05) is 13.2 Å². The van der Waals surface area contributed by atoms with Crippen LogP contribution in [0.3, 0.4) is 0 Å². The summed E-state index contributed by atoms with van der Waals surface area (Å²) in [5, 5.41) is 12.3. The van der Waals surface area contributed by atoms with Gasteiger partial charge in [0.05, 0.1) is 11.4 Å². The average molecular weight is 247 g/mol. The molecule has 0 saturated carbocycles. The number of hydrogen-bond donors (Lipinski definition) is 2. The molecule has 0 aliphatic rings. The molecule has 0 aliphatic carbocycles. The summed E-state index contributed by atoms with van der Waals surface area (Å²) in [6, 6.07) is 6.04. The summed E-state index contributed by atoms with van der Waals surface area (Å²) in [6.45, 7) is 6.18. The fourth-order valence-electron chi connectivity index (χ4n) is 2.14. The average Bonchev–Trinajstić information content (AvgIpc) is 2.66. The van der Waals surface area contributed by atoms with Crippen molar-refractivity contribution in [3.05, 3.63) is 35.8 Å². The van der Waals surface area contributed by atoms with E-state index in [1.807, 2.05) is 31.3 Å². The fourth-order valence-corrected chi connectivity index (χ4v) is 2.14. The smallest absolute Gasteiger partial charge is 0.137 e. The first-order valence-corrected chi connectivity index (χ1v) is 6.46. The molecule has 0 aromatic carbocycles. The minimum Gasteiger partial charge on any atom is -0.396 e. The van der Waals surface area contributed by atoms with E-state index < -0.39 is 0 Å². The maximum absolute atomic E-state index is 8.86. The van der Waals surface area contributed by atoms with Crippen LogP contribution in [0.15, 0.2) is 24.4 Å². The highest BCUT2D eigenvalue weighted by atomic mass is 16.3. The summed E-state index contributed by atoms with van der Waals surface area (Å²) < 4.78 is 2.12. The zero-order valence-electron chi connectivity index (χ0n) is 11.1. The molecule has 0 amide bonds. The third-order valence-corrected chi connectivity index (χ3v) is 3.24. The highest BCUT2D eigenvalue weighted by Gasteiger charge is 2.08. The Morgan fingerprint density at radius 1 is 1.44 bits per heavy atom. The molecule has 0 fully saturated rings. The number of imidazole rings is 1. The monoisotopic (exact) mass is 247 g/mol. The summed E-state index contributed by atoms with van der Waals surface area (Å²) in [5.74, 6) is 0.495. The maximum atomic E-state index is 8.86. The molecule has 98 valence electrons. The largest absolute Gasteiger partial charge is 0.396 e. The molecule has 4 nitrogen and oxygen atoms in total. The number of nitrogens with zero attached hydrogens (tertiary/aromatic N) is 2. The molecule has 0 bridgehead atoms. The van der Waals surface area contributed by atoms with Crippen molar-refractivity contribution in [2.45, 2.75) is 26.8 Å². The van der Waals surface area contributed by atoms with E-state index in [0.29, 0.717) is 5.92 Å². The first-order chi connectivity index (χ1) is 8.72. The molecule has 0 aliphatic heterocycles. The Hall–Kier alpha value is -1.39. The Morgan fingerprint density at radius 3 is 3.06 bits per heavy atom. The first kappa shape index (κ1) is 13.1. The standard InChI is InChI=1S/C14H21N3O/c1-11(6-8-18)9-15-10-13-12(2)16-14-5-3-4-7-17(13)14/h3-5,7,11,15,18H,6,8-10H2,1-2H3. The lowest BCUT2D eigenvalue weighted by molar-refractivity contribution is 0.260. The predicted octanol–water partition coefficient (Wildman–Crippen LogP) is 1.75. The Kier molecular flexibility index (Phi) is 4.33. The minimum absolute atomic E-state index is 0.261.